The summed E-state index contributed by atoms with van der Waals surface area (Å²) in [5, 5.41) is 3.03. The number of nitrogens with one attached hydrogen (secondary N) is 1. The third-order valence-corrected chi connectivity index (χ3v) is 2.45. The highest BCUT2D eigenvalue weighted by atomic mass is 19.1. The predicted octanol–water partition coefficient (Wildman–Crippen LogP) is 2.04. The highest BCUT2D eigenvalue weighted by molar-refractivity contribution is 5.59. The Hall–Kier alpha value is -1.81. The van der Waals surface area contributed by atoms with Gasteiger partial charge in [-0.3, -0.25) is 0 Å². The van der Waals surface area contributed by atoms with Crippen LogP contribution in [0.2, 0.25) is 0 Å². The first-order valence-electron chi connectivity index (χ1n) is 5.52. The zero-order chi connectivity index (χ0) is 12.1. The van der Waals surface area contributed by atoms with Gasteiger partial charge < -0.3 is 5.32 Å². The summed E-state index contributed by atoms with van der Waals surface area (Å²) in [6.45, 7) is 0.806. The largest absolute Gasteiger partial charge is 0.319 e. The molecular formula is C13H14FN3. The van der Waals surface area contributed by atoms with E-state index in [4.69, 9.17) is 0 Å². The summed E-state index contributed by atoms with van der Waals surface area (Å²) in [6.07, 6.45) is 2.40. The number of halogens is 1. The number of rotatable bonds is 4. The number of hydrogen-bond donors (Lipinski definition) is 1. The van der Waals surface area contributed by atoms with E-state index in [1.165, 1.54) is 6.07 Å². The zero-order valence-electron chi connectivity index (χ0n) is 9.65. The number of benzene rings is 1. The van der Waals surface area contributed by atoms with Crippen LogP contribution in [0.5, 0.6) is 0 Å². The second-order valence-electron chi connectivity index (χ2n) is 3.69. The molecule has 0 amide bonds. The van der Waals surface area contributed by atoms with Gasteiger partial charge in [-0.1, -0.05) is 12.1 Å². The molecule has 0 radical (unpaired) electrons. The van der Waals surface area contributed by atoms with Gasteiger partial charge in [0.15, 0.2) is 0 Å². The van der Waals surface area contributed by atoms with Crippen molar-refractivity contribution >= 4 is 0 Å². The van der Waals surface area contributed by atoms with Crippen LogP contribution in [-0.2, 0) is 6.42 Å². The maximum Gasteiger partial charge on any atom is 0.132 e. The van der Waals surface area contributed by atoms with Crippen molar-refractivity contribution in [2.45, 2.75) is 6.42 Å². The lowest BCUT2D eigenvalue weighted by molar-refractivity contribution is 0.630. The number of hydrogen-bond acceptors (Lipinski definition) is 3. The van der Waals surface area contributed by atoms with E-state index in [9.17, 15) is 4.39 Å². The zero-order valence-corrected chi connectivity index (χ0v) is 9.65. The average molecular weight is 231 g/mol. The molecule has 0 saturated heterocycles. The maximum absolute atomic E-state index is 13.6. The van der Waals surface area contributed by atoms with Crippen molar-refractivity contribution in [2.75, 3.05) is 13.6 Å². The molecule has 17 heavy (non-hydrogen) atoms. The van der Waals surface area contributed by atoms with Crippen LogP contribution in [0.3, 0.4) is 0 Å². The fourth-order valence-corrected chi connectivity index (χ4v) is 1.58. The molecule has 4 heteroatoms. The van der Waals surface area contributed by atoms with E-state index in [0.717, 1.165) is 18.8 Å². The first-order chi connectivity index (χ1) is 8.31. The maximum atomic E-state index is 13.6. The lowest BCUT2D eigenvalue weighted by Gasteiger charge is -2.04. The summed E-state index contributed by atoms with van der Waals surface area (Å²) in [7, 11) is 1.88. The lowest BCUT2D eigenvalue weighted by atomic mass is 10.1. The van der Waals surface area contributed by atoms with E-state index in [2.05, 4.69) is 15.3 Å². The monoisotopic (exact) mass is 231 g/mol. The van der Waals surface area contributed by atoms with Crippen molar-refractivity contribution in [2.24, 2.45) is 0 Å². The average Bonchev–Trinajstić information content (AvgIpc) is 2.37. The van der Waals surface area contributed by atoms with Crippen molar-refractivity contribution < 1.29 is 4.39 Å². The van der Waals surface area contributed by atoms with Gasteiger partial charge in [-0.05, 0) is 25.2 Å². The number of aromatic nitrogens is 2. The van der Waals surface area contributed by atoms with E-state index >= 15 is 0 Å². The van der Waals surface area contributed by atoms with Crippen LogP contribution in [-0.4, -0.2) is 23.6 Å². The highest BCUT2D eigenvalue weighted by Crippen LogP contribution is 2.19. The minimum Gasteiger partial charge on any atom is -0.319 e. The van der Waals surface area contributed by atoms with Crippen LogP contribution in [0, 0.1) is 5.82 Å². The van der Waals surface area contributed by atoms with E-state index in [-0.39, 0.29) is 5.82 Å². The quantitative estimate of drug-likeness (QED) is 0.875. The second-order valence-corrected chi connectivity index (χ2v) is 3.69. The van der Waals surface area contributed by atoms with E-state index in [1.54, 1.807) is 30.5 Å². The Balaban J connectivity index is 2.30. The molecule has 88 valence electrons. The van der Waals surface area contributed by atoms with Crippen LogP contribution < -0.4 is 5.32 Å². The molecule has 0 aliphatic carbocycles. The Kier molecular flexibility index (Phi) is 3.77. The second kappa shape index (κ2) is 5.50. The van der Waals surface area contributed by atoms with Gasteiger partial charge in [0.05, 0.1) is 5.69 Å². The first-order valence-corrected chi connectivity index (χ1v) is 5.52. The van der Waals surface area contributed by atoms with Gasteiger partial charge in [0.2, 0.25) is 0 Å². The Morgan fingerprint density at radius 2 is 2.06 bits per heavy atom. The minimum absolute atomic E-state index is 0.259. The first kappa shape index (κ1) is 11.7. The van der Waals surface area contributed by atoms with Crippen LogP contribution >= 0.6 is 0 Å². The molecular weight excluding hydrogens is 217 g/mol. The fourth-order valence-electron chi connectivity index (χ4n) is 1.58. The summed E-state index contributed by atoms with van der Waals surface area (Å²) >= 11 is 0. The van der Waals surface area contributed by atoms with Gasteiger partial charge in [-0.15, -0.1) is 0 Å². The summed E-state index contributed by atoms with van der Waals surface area (Å²) in [5.74, 6) is 0.464. The van der Waals surface area contributed by atoms with Gasteiger partial charge in [0.25, 0.3) is 0 Å². The molecule has 1 aromatic carbocycles. The van der Waals surface area contributed by atoms with Crippen LogP contribution in [0.25, 0.3) is 11.3 Å². The molecule has 0 bridgehead atoms. The molecule has 1 N–H and O–H groups in total. The normalized spacial score (nSPS) is 10.5. The van der Waals surface area contributed by atoms with Crippen LogP contribution in [0.1, 0.15) is 5.82 Å². The Labute approximate surface area is 99.7 Å². The third-order valence-electron chi connectivity index (χ3n) is 2.45. The van der Waals surface area contributed by atoms with Gasteiger partial charge >= 0.3 is 0 Å². The lowest BCUT2D eigenvalue weighted by Crippen LogP contribution is -2.12. The number of nitrogens with zero attached hydrogens (tertiary/aromatic N) is 2. The van der Waals surface area contributed by atoms with Gasteiger partial charge in [0, 0.05) is 24.7 Å². The summed E-state index contributed by atoms with van der Waals surface area (Å²) in [4.78, 5) is 8.51. The van der Waals surface area contributed by atoms with E-state index < -0.39 is 0 Å². The molecule has 0 aliphatic heterocycles. The highest BCUT2D eigenvalue weighted by Gasteiger charge is 2.06. The standard InChI is InChI=1S/C13H14FN3/c1-15-8-7-13-16-9-6-12(17-13)10-4-2-3-5-11(10)14/h2-6,9,15H,7-8H2,1H3. The SMILES string of the molecule is CNCCc1nccc(-c2ccccc2F)n1. The summed E-state index contributed by atoms with van der Waals surface area (Å²) < 4.78 is 13.6. The molecule has 3 nitrogen and oxygen atoms in total. The minimum atomic E-state index is -0.259. The molecule has 1 aromatic heterocycles. The van der Waals surface area contributed by atoms with Crippen molar-refractivity contribution in [3.05, 3.63) is 48.2 Å². The molecule has 0 unspecified atom stereocenters. The fraction of sp³-hybridized carbons (Fsp3) is 0.231. The van der Waals surface area contributed by atoms with E-state index in [1.807, 2.05) is 7.05 Å². The van der Waals surface area contributed by atoms with Gasteiger partial charge in [-0.25, -0.2) is 14.4 Å². The number of likely N-dealkylation sites (N-methyl/N-ethyl adjacent to an activating group) is 1. The predicted molar refractivity (Wildman–Crippen MR) is 65.1 cm³/mol. The molecule has 0 aliphatic rings. The Morgan fingerprint density at radius 3 is 2.82 bits per heavy atom. The Bertz CT molecular complexity index is 500. The molecule has 0 spiro atoms. The molecule has 0 atom stereocenters. The summed E-state index contributed by atoms with van der Waals surface area (Å²) in [6, 6.07) is 8.35. The Morgan fingerprint density at radius 1 is 1.24 bits per heavy atom. The smallest absolute Gasteiger partial charge is 0.132 e. The summed E-state index contributed by atoms with van der Waals surface area (Å²) in [5.41, 5.74) is 1.14. The van der Waals surface area contributed by atoms with Gasteiger partial charge in [-0.2, -0.15) is 0 Å². The molecule has 1 heterocycles. The molecule has 0 saturated carbocycles. The van der Waals surface area contributed by atoms with Crippen molar-refractivity contribution in [1.29, 1.82) is 0 Å². The molecule has 2 rings (SSSR count). The molecule has 2 aromatic rings. The topological polar surface area (TPSA) is 37.8 Å². The van der Waals surface area contributed by atoms with Gasteiger partial charge in [0.1, 0.15) is 11.6 Å². The van der Waals surface area contributed by atoms with Crippen LogP contribution in [0.15, 0.2) is 36.5 Å². The van der Waals surface area contributed by atoms with Crippen LogP contribution in [0.4, 0.5) is 4.39 Å². The van der Waals surface area contributed by atoms with Crippen molar-refractivity contribution in [3.63, 3.8) is 0 Å². The molecule has 0 fully saturated rings. The van der Waals surface area contributed by atoms with Crippen molar-refractivity contribution in [3.8, 4) is 11.3 Å². The third kappa shape index (κ3) is 2.85. The van der Waals surface area contributed by atoms with E-state index in [0.29, 0.717) is 11.3 Å². The van der Waals surface area contributed by atoms with Crippen molar-refractivity contribution in [1.82, 2.24) is 15.3 Å².